The first-order valence-corrected chi connectivity index (χ1v) is 5.26. The van der Waals surface area contributed by atoms with E-state index < -0.39 is 0 Å². The van der Waals surface area contributed by atoms with Crippen LogP contribution in [0.15, 0.2) is 18.2 Å². The van der Waals surface area contributed by atoms with Crippen molar-refractivity contribution in [2.75, 3.05) is 0 Å². The Balaban J connectivity index is 2.48. The summed E-state index contributed by atoms with van der Waals surface area (Å²) in [5, 5.41) is 21.1. The summed E-state index contributed by atoms with van der Waals surface area (Å²) in [4.78, 5) is 11.4. The van der Waals surface area contributed by atoms with Gasteiger partial charge in [-0.3, -0.25) is 4.79 Å². The zero-order valence-electron chi connectivity index (χ0n) is 9.53. The van der Waals surface area contributed by atoms with Crippen LogP contribution >= 0.6 is 0 Å². The van der Waals surface area contributed by atoms with Crippen LogP contribution in [0.2, 0.25) is 0 Å². The summed E-state index contributed by atoms with van der Waals surface area (Å²) in [7, 11) is 0. The Morgan fingerprint density at radius 2 is 2.00 bits per heavy atom. The fourth-order valence-electron chi connectivity index (χ4n) is 1.32. The van der Waals surface area contributed by atoms with E-state index in [1.807, 2.05) is 13.8 Å². The largest absolute Gasteiger partial charge is 0.504 e. The minimum absolute atomic E-state index is 0.0115. The van der Waals surface area contributed by atoms with Gasteiger partial charge in [0, 0.05) is 13.0 Å². The highest BCUT2D eigenvalue weighted by molar-refractivity contribution is 5.76. The molecule has 1 rings (SSSR count). The van der Waals surface area contributed by atoms with Gasteiger partial charge >= 0.3 is 0 Å². The number of benzene rings is 1. The molecule has 0 spiro atoms. The second kappa shape index (κ2) is 5.39. The lowest BCUT2D eigenvalue weighted by molar-refractivity contribution is -0.121. The third kappa shape index (κ3) is 3.81. The molecular weight excluding hydrogens is 206 g/mol. The molecule has 0 bridgehead atoms. The molecule has 0 aromatic heterocycles. The highest BCUT2D eigenvalue weighted by Crippen LogP contribution is 2.24. The summed E-state index contributed by atoms with van der Waals surface area (Å²) in [6.45, 7) is 4.32. The average Bonchev–Trinajstić information content (AvgIpc) is 2.19. The van der Waals surface area contributed by atoms with Crippen LogP contribution in [0.5, 0.6) is 11.5 Å². The molecule has 0 saturated heterocycles. The molecule has 0 heterocycles. The van der Waals surface area contributed by atoms with Gasteiger partial charge in [-0.2, -0.15) is 0 Å². The van der Waals surface area contributed by atoms with Crippen LogP contribution in [-0.2, 0) is 11.3 Å². The number of carbonyl (C=O) groups is 1. The Hall–Kier alpha value is -1.71. The average molecular weight is 223 g/mol. The van der Waals surface area contributed by atoms with E-state index in [2.05, 4.69) is 5.32 Å². The van der Waals surface area contributed by atoms with E-state index in [4.69, 9.17) is 5.11 Å². The van der Waals surface area contributed by atoms with Gasteiger partial charge in [0.1, 0.15) is 0 Å². The van der Waals surface area contributed by atoms with Crippen LogP contribution in [0.25, 0.3) is 0 Å². The van der Waals surface area contributed by atoms with Crippen molar-refractivity contribution in [2.24, 2.45) is 5.92 Å². The molecule has 0 aliphatic carbocycles. The molecule has 0 unspecified atom stereocenters. The lowest BCUT2D eigenvalue weighted by atomic mass is 10.1. The number of phenolic OH excluding ortho intramolecular Hbond substituents is 2. The van der Waals surface area contributed by atoms with Crippen LogP contribution in [-0.4, -0.2) is 16.1 Å². The molecule has 4 nitrogen and oxygen atoms in total. The van der Waals surface area contributed by atoms with Crippen LogP contribution < -0.4 is 5.32 Å². The maximum atomic E-state index is 11.4. The van der Waals surface area contributed by atoms with Crippen molar-refractivity contribution < 1.29 is 15.0 Å². The molecule has 88 valence electrons. The Bertz CT molecular complexity index is 375. The van der Waals surface area contributed by atoms with Crippen molar-refractivity contribution in [2.45, 2.75) is 26.8 Å². The van der Waals surface area contributed by atoms with E-state index in [1.165, 1.54) is 12.1 Å². The molecule has 0 fully saturated rings. The Labute approximate surface area is 94.9 Å². The smallest absolute Gasteiger partial charge is 0.220 e. The summed E-state index contributed by atoms with van der Waals surface area (Å²) in [6, 6.07) is 4.50. The number of aromatic hydroxyl groups is 2. The minimum Gasteiger partial charge on any atom is -0.504 e. The van der Waals surface area contributed by atoms with Crippen LogP contribution in [0.1, 0.15) is 25.8 Å². The molecule has 0 aliphatic rings. The van der Waals surface area contributed by atoms with Gasteiger partial charge in [0.15, 0.2) is 11.5 Å². The normalized spacial score (nSPS) is 10.4. The first-order chi connectivity index (χ1) is 7.49. The molecule has 0 radical (unpaired) electrons. The second-order valence-corrected chi connectivity index (χ2v) is 4.20. The molecule has 0 atom stereocenters. The monoisotopic (exact) mass is 223 g/mol. The maximum absolute atomic E-state index is 11.4. The van der Waals surface area contributed by atoms with E-state index in [9.17, 15) is 9.90 Å². The lowest BCUT2D eigenvalue weighted by Crippen LogP contribution is -2.23. The highest BCUT2D eigenvalue weighted by atomic mass is 16.3. The van der Waals surface area contributed by atoms with Crippen molar-refractivity contribution in [1.29, 1.82) is 0 Å². The highest BCUT2D eigenvalue weighted by Gasteiger charge is 2.05. The Morgan fingerprint density at radius 3 is 2.56 bits per heavy atom. The topological polar surface area (TPSA) is 69.6 Å². The van der Waals surface area contributed by atoms with Crippen LogP contribution in [0.3, 0.4) is 0 Å². The predicted molar refractivity (Wildman–Crippen MR) is 61.1 cm³/mol. The van der Waals surface area contributed by atoms with Crippen molar-refractivity contribution in [3.63, 3.8) is 0 Å². The maximum Gasteiger partial charge on any atom is 0.220 e. The van der Waals surface area contributed by atoms with Gasteiger partial charge in [0.05, 0.1) is 0 Å². The van der Waals surface area contributed by atoms with Crippen molar-refractivity contribution in [1.82, 2.24) is 5.32 Å². The number of carbonyl (C=O) groups excluding carboxylic acids is 1. The van der Waals surface area contributed by atoms with Crippen molar-refractivity contribution >= 4 is 5.91 Å². The number of nitrogens with one attached hydrogen (secondary N) is 1. The molecule has 1 aromatic carbocycles. The molecule has 1 aromatic rings. The number of amides is 1. The molecule has 1 amide bonds. The van der Waals surface area contributed by atoms with Gasteiger partial charge in [-0.15, -0.1) is 0 Å². The standard InChI is InChI=1S/C12H17NO3/c1-8(2)5-12(16)13-7-9-3-4-10(14)11(15)6-9/h3-4,6,8,14-15H,5,7H2,1-2H3,(H,13,16). The van der Waals surface area contributed by atoms with E-state index in [0.29, 0.717) is 18.9 Å². The first kappa shape index (κ1) is 12.4. The van der Waals surface area contributed by atoms with E-state index >= 15 is 0 Å². The van der Waals surface area contributed by atoms with Gasteiger partial charge < -0.3 is 15.5 Å². The fourth-order valence-corrected chi connectivity index (χ4v) is 1.32. The minimum atomic E-state index is -0.171. The predicted octanol–water partition coefficient (Wildman–Crippen LogP) is 1.76. The molecule has 16 heavy (non-hydrogen) atoms. The van der Waals surface area contributed by atoms with Gasteiger partial charge in [-0.25, -0.2) is 0 Å². The fraction of sp³-hybridized carbons (Fsp3) is 0.417. The second-order valence-electron chi connectivity index (χ2n) is 4.20. The SMILES string of the molecule is CC(C)CC(=O)NCc1ccc(O)c(O)c1. The van der Waals surface area contributed by atoms with Gasteiger partial charge in [0.25, 0.3) is 0 Å². The summed E-state index contributed by atoms with van der Waals surface area (Å²) in [6.07, 6.45) is 0.490. The van der Waals surface area contributed by atoms with Crippen molar-refractivity contribution in [3.05, 3.63) is 23.8 Å². The Morgan fingerprint density at radius 1 is 1.31 bits per heavy atom. The number of rotatable bonds is 4. The first-order valence-electron chi connectivity index (χ1n) is 5.26. The summed E-state index contributed by atoms with van der Waals surface area (Å²) >= 11 is 0. The van der Waals surface area contributed by atoms with E-state index in [0.717, 1.165) is 5.56 Å². The zero-order chi connectivity index (χ0) is 12.1. The zero-order valence-corrected chi connectivity index (χ0v) is 9.53. The van der Waals surface area contributed by atoms with Crippen LogP contribution in [0.4, 0.5) is 0 Å². The number of phenols is 2. The third-order valence-corrected chi connectivity index (χ3v) is 2.12. The molecule has 3 N–H and O–H groups in total. The van der Waals surface area contributed by atoms with Gasteiger partial charge in [-0.05, 0) is 23.6 Å². The van der Waals surface area contributed by atoms with E-state index in [-0.39, 0.29) is 17.4 Å². The quantitative estimate of drug-likeness (QED) is 0.681. The molecule has 0 saturated carbocycles. The molecule has 0 aliphatic heterocycles. The summed E-state index contributed by atoms with van der Waals surface area (Å²) < 4.78 is 0. The van der Waals surface area contributed by atoms with Gasteiger partial charge in [0.2, 0.25) is 5.91 Å². The Kier molecular flexibility index (Phi) is 4.17. The van der Waals surface area contributed by atoms with Crippen LogP contribution in [0, 0.1) is 5.92 Å². The number of hydrogen-bond donors (Lipinski definition) is 3. The summed E-state index contributed by atoms with van der Waals surface area (Å²) in [5.74, 6) is -0.0105. The lowest BCUT2D eigenvalue weighted by Gasteiger charge is -2.07. The third-order valence-electron chi connectivity index (χ3n) is 2.12. The van der Waals surface area contributed by atoms with Gasteiger partial charge in [-0.1, -0.05) is 19.9 Å². The summed E-state index contributed by atoms with van der Waals surface area (Å²) in [5.41, 5.74) is 0.757. The molecular formula is C12H17NO3. The van der Waals surface area contributed by atoms with E-state index in [1.54, 1.807) is 6.07 Å². The number of hydrogen-bond acceptors (Lipinski definition) is 3. The van der Waals surface area contributed by atoms with Crippen molar-refractivity contribution in [3.8, 4) is 11.5 Å². The molecule has 4 heteroatoms.